The van der Waals surface area contributed by atoms with Crippen molar-refractivity contribution < 1.29 is 8.42 Å². The lowest BCUT2D eigenvalue weighted by Crippen LogP contribution is -2.50. The van der Waals surface area contributed by atoms with Gasteiger partial charge in [-0.1, -0.05) is 0 Å². The normalized spacial score (nSPS) is 28.8. The van der Waals surface area contributed by atoms with E-state index < -0.39 is 10.2 Å². The first-order chi connectivity index (χ1) is 7.62. The molecule has 0 aromatic rings. The van der Waals surface area contributed by atoms with Crippen molar-refractivity contribution in [3.05, 3.63) is 0 Å². The van der Waals surface area contributed by atoms with Crippen LogP contribution in [0.4, 0.5) is 0 Å². The van der Waals surface area contributed by atoms with Gasteiger partial charge in [-0.05, 0) is 32.2 Å². The fraction of sp³-hybridized carbons (Fsp3) is 1.00. The number of hydrogen-bond acceptors (Lipinski definition) is 3. The summed E-state index contributed by atoms with van der Waals surface area (Å²) in [6.45, 7) is 3.16. The fourth-order valence-electron chi connectivity index (χ4n) is 2.43. The molecule has 16 heavy (non-hydrogen) atoms. The molecule has 1 atom stereocenters. The summed E-state index contributed by atoms with van der Waals surface area (Å²) in [5, 5.41) is 3.25. The molecule has 2 rings (SSSR count). The molecule has 0 aromatic heterocycles. The topological polar surface area (TPSA) is 52.7 Å². The second kappa shape index (κ2) is 5.00. The number of nitrogens with one attached hydrogen (secondary N) is 1. The lowest BCUT2D eigenvalue weighted by atomic mass is 10.1. The van der Waals surface area contributed by atoms with Gasteiger partial charge >= 0.3 is 0 Å². The fourth-order valence-corrected chi connectivity index (χ4v) is 4.07. The van der Waals surface area contributed by atoms with Crippen molar-refractivity contribution in [1.29, 1.82) is 0 Å². The maximum atomic E-state index is 12.3. The van der Waals surface area contributed by atoms with Crippen LogP contribution in [0.5, 0.6) is 0 Å². The van der Waals surface area contributed by atoms with Crippen LogP contribution in [0.15, 0.2) is 0 Å². The molecule has 94 valence electrons. The van der Waals surface area contributed by atoms with E-state index in [2.05, 4.69) is 5.32 Å². The zero-order chi connectivity index (χ0) is 11.6. The van der Waals surface area contributed by atoms with Crippen molar-refractivity contribution >= 4 is 10.2 Å². The third-order valence-corrected chi connectivity index (χ3v) is 5.58. The molecule has 1 unspecified atom stereocenters. The zero-order valence-electron chi connectivity index (χ0n) is 9.85. The Morgan fingerprint density at radius 3 is 2.50 bits per heavy atom. The molecule has 0 aliphatic carbocycles. The van der Waals surface area contributed by atoms with Gasteiger partial charge in [0.05, 0.1) is 0 Å². The summed E-state index contributed by atoms with van der Waals surface area (Å²) in [6, 6.07) is 0.124. The Morgan fingerprint density at radius 2 is 1.94 bits per heavy atom. The molecule has 6 heteroatoms. The highest BCUT2D eigenvalue weighted by molar-refractivity contribution is 7.86. The van der Waals surface area contributed by atoms with Crippen molar-refractivity contribution in [3.8, 4) is 0 Å². The Bertz CT molecular complexity index is 319. The molecule has 2 fully saturated rings. The van der Waals surface area contributed by atoms with Crippen LogP contribution >= 0.6 is 0 Å². The third-order valence-electron chi connectivity index (χ3n) is 3.54. The quantitative estimate of drug-likeness (QED) is 0.764. The smallest absolute Gasteiger partial charge is 0.282 e. The summed E-state index contributed by atoms with van der Waals surface area (Å²) in [5.41, 5.74) is 0. The van der Waals surface area contributed by atoms with E-state index in [0.29, 0.717) is 13.1 Å². The number of nitrogens with zero attached hydrogens (tertiary/aromatic N) is 2. The van der Waals surface area contributed by atoms with E-state index in [9.17, 15) is 8.42 Å². The van der Waals surface area contributed by atoms with Gasteiger partial charge in [0, 0.05) is 32.7 Å². The molecule has 0 radical (unpaired) electrons. The predicted molar refractivity (Wildman–Crippen MR) is 63.4 cm³/mol. The van der Waals surface area contributed by atoms with E-state index in [-0.39, 0.29) is 6.04 Å². The summed E-state index contributed by atoms with van der Waals surface area (Å²) in [7, 11) is -1.50. The van der Waals surface area contributed by atoms with Crippen molar-refractivity contribution in [2.24, 2.45) is 0 Å². The van der Waals surface area contributed by atoms with Crippen LogP contribution in [0, 0.1) is 0 Å². The Labute approximate surface area is 98.0 Å². The highest BCUT2D eigenvalue weighted by Crippen LogP contribution is 2.19. The van der Waals surface area contributed by atoms with Crippen LogP contribution in [-0.2, 0) is 10.2 Å². The number of likely N-dealkylation sites (N-methyl/N-ethyl adjacent to an activating group) is 1. The van der Waals surface area contributed by atoms with Gasteiger partial charge in [-0.3, -0.25) is 0 Å². The molecule has 0 bridgehead atoms. The Kier molecular flexibility index (Phi) is 3.84. The van der Waals surface area contributed by atoms with Gasteiger partial charge in [0.1, 0.15) is 0 Å². The van der Waals surface area contributed by atoms with Crippen LogP contribution in [-0.4, -0.2) is 56.3 Å². The lowest BCUT2D eigenvalue weighted by molar-refractivity contribution is 0.281. The van der Waals surface area contributed by atoms with Gasteiger partial charge in [0.15, 0.2) is 0 Å². The van der Waals surface area contributed by atoms with Gasteiger partial charge < -0.3 is 5.32 Å². The molecule has 5 nitrogen and oxygen atoms in total. The van der Waals surface area contributed by atoms with Crippen LogP contribution in [0.2, 0.25) is 0 Å². The van der Waals surface area contributed by atoms with E-state index in [1.807, 2.05) is 0 Å². The molecule has 0 spiro atoms. The highest BCUT2D eigenvalue weighted by Gasteiger charge is 2.33. The van der Waals surface area contributed by atoms with E-state index in [0.717, 1.165) is 38.8 Å². The van der Waals surface area contributed by atoms with Gasteiger partial charge in [-0.15, -0.1) is 0 Å². The van der Waals surface area contributed by atoms with E-state index in [4.69, 9.17) is 0 Å². The molecule has 0 saturated carbocycles. The first-order valence-electron chi connectivity index (χ1n) is 6.06. The summed E-state index contributed by atoms with van der Waals surface area (Å²) < 4.78 is 27.7. The average molecular weight is 247 g/mol. The lowest BCUT2D eigenvalue weighted by Gasteiger charge is -2.33. The van der Waals surface area contributed by atoms with Crippen molar-refractivity contribution in [3.63, 3.8) is 0 Å². The standard InChI is InChI=1S/C10H21N3O2S/c1-12(10-5-4-6-11-9-10)16(14,15)13-7-2-3-8-13/h10-11H,2-9H2,1H3. The van der Waals surface area contributed by atoms with Crippen LogP contribution in [0.1, 0.15) is 25.7 Å². The summed E-state index contributed by atoms with van der Waals surface area (Å²) in [6.07, 6.45) is 4.02. The maximum Gasteiger partial charge on any atom is 0.282 e. The summed E-state index contributed by atoms with van der Waals surface area (Å²) in [4.78, 5) is 0. The van der Waals surface area contributed by atoms with Crippen molar-refractivity contribution in [1.82, 2.24) is 13.9 Å². The summed E-state index contributed by atoms with van der Waals surface area (Å²) in [5.74, 6) is 0. The minimum atomic E-state index is -3.21. The molecule has 2 aliphatic heterocycles. The molecule has 2 aliphatic rings. The minimum Gasteiger partial charge on any atom is -0.315 e. The second-order valence-electron chi connectivity index (χ2n) is 4.63. The zero-order valence-corrected chi connectivity index (χ0v) is 10.7. The number of piperidine rings is 1. The molecule has 2 saturated heterocycles. The van der Waals surface area contributed by atoms with Crippen LogP contribution in [0.3, 0.4) is 0 Å². The van der Waals surface area contributed by atoms with Crippen molar-refractivity contribution in [2.75, 3.05) is 33.2 Å². The predicted octanol–water partition coefficient (Wildman–Crippen LogP) is 0.0108. The molecule has 0 aromatic carbocycles. The van der Waals surface area contributed by atoms with E-state index in [1.165, 1.54) is 0 Å². The largest absolute Gasteiger partial charge is 0.315 e. The molecular formula is C10H21N3O2S. The minimum absolute atomic E-state index is 0.124. The average Bonchev–Trinajstić information content (AvgIpc) is 2.83. The first kappa shape index (κ1) is 12.3. The third kappa shape index (κ3) is 2.40. The van der Waals surface area contributed by atoms with Gasteiger partial charge in [0.25, 0.3) is 10.2 Å². The maximum absolute atomic E-state index is 12.3. The van der Waals surface area contributed by atoms with Gasteiger partial charge in [-0.2, -0.15) is 17.0 Å². The highest BCUT2D eigenvalue weighted by atomic mass is 32.2. The number of hydrogen-bond donors (Lipinski definition) is 1. The Hall–Kier alpha value is -0.170. The Morgan fingerprint density at radius 1 is 1.25 bits per heavy atom. The van der Waals surface area contributed by atoms with Crippen LogP contribution in [0.25, 0.3) is 0 Å². The van der Waals surface area contributed by atoms with Crippen molar-refractivity contribution in [2.45, 2.75) is 31.7 Å². The molecule has 2 heterocycles. The Balaban J connectivity index is 2.03. The molecular weight excluding hydrogens is 226 g/mol. The van der Waals surface area contributed by atoms with Gasteiger partial charge in [-0.25, -0.2) is 0 Å². The number of rotatable bonds is 3. The van der Waals surface area contributed by atoms with Crippen LogP contribution < -0.4 is 5.32 Å². The molecule has 0 amide bonds. The van der Waals surface area contributed by atoms with E-state index in [1.54, 1.807) is 15.7 Å². The van der Waals surface area contributed by atoms with E-state index >= 15 is 0 Å². The first-order valence-corrected chi connectivity index (χ1v) is 7.46. The SMILES string of the molecule is CN(C1CCCNC1)S(=O)(=O)N1CCCC1. The van der Waals surface area contributed by atoms with Gasteiger partial charge in [0.2, 0.25) is 0 Å². The summed E-state index contributed by atoms with van der Waals surface area (Å²) >= 11 is 0. The second-order valence-corrected chi connectivity index (χ2v) is 6.62. The molecule has 1 N–H and O–H groups in total. The monoisotopic (exact) mass is 247 g/mol.